The van der Waals surface area contributed by atoms with E-state index in [1.54, 1.807) is 12.4 Å². The van der Waals surface area contributed by atoms with Crippen LogP contribution in [0.4, 0.5) is 0 Å². The third kappa shape index (κ3) is 8.46. The summed E-state index contributed by atoms with van der Waals surface area (Å²) >= 11 is 0. The lowest BCUT2D eigenvalue weighted by Gasteiger charge is -2.55. The largest absolute Gasteiger partial charge is 0.377 e. The summed E-state index contributed by atoms with van der Waals surface area (Å²) in [6, 6.07) is 7.67. The Labute approximate surface area is 332 Å². The topological polar surface area (TPSA) is 155 Å². The fourth-order valence-corrected chi connectivity index (χ4v) is 11.0. The van der Waals surface area contributed by atoms with Crippen LogP contribution in [0.25, 0.3) is 0 Å². The van der Waals surface area contributed by atoms with E-state index in [1.165, 1.54) is 38.5 Å². The number of carbonyl (C=O) groups is 2. The molecule has 4 aliphatic heterocycles. The van der Waals surface area contributed by atoms with Crippen molar-refractivity contribution in [3.63, 3.8) is 0 Å². The first-order chi connectivity index (χ1) is 25.3. The zero-order chi connectivity index (χ0) is 36.3. The van der Waals surface area contributed by atoms with Gasteiger partial charge in [0.25, 0.3) is 11.8 Å². The number of aromatic nitrogens is 2. The van der Waals surface area contributed by atoms with E-state index >= 15 is 0 Å². The molecule has 0 aromatic carbocycles. The van der Waals surface area contributed by atoms with Crippen molar-refractivity contribution in [1.29, 1.82) is 0 Å². The Kier molecular flexibility index (Phi) is 14.8. The van der Waals surface area contributed by atoms with Crippen LogP contribution in [0, 0.1) is 23.7 Å². The van der Waals surface area contributed by atoms with Gasteiger partial charge in [0.15, 0.2) is 0 Å². The van der Waals surface area contributed by atoms with Gasteiger partial charge in [0.1, 0.15) is 22.6 Å². The molecule has 0 spiro atoms. The second-order valence-electron chi connectivity index (χ2n) is 15.9. The molecule has 2 saturated carbocycles. The number of methoxy groups -OCH3 is 2. The lowest BCUT2D eigenvalue weighted by molar-refractivity contribution is -0.171. The average molecular weight is 792 g/mol. The summed E-state index contributed by atoms with van der Waals surface area (Å²) in [5, 5.41) is 0. The minimum absolute atomic E-state index is 0. The molecule has 6 atom stereocenters. The second-order valence-corrected chi connectivity index (χ2v) is 15.9. The van der Waals surface area contributed by atoms with Gasteiger partial charge in [-0.15, -0.1) is 24.8 Å². The van der Waals surface area contributed by atoms with Gasteiger partial charge < -0.3 is 30.4 Å². The quantitative estimate of drug-likeness (QED) is 0.346. The summed E-state index contributed by atoms with van der Waals surface area (Å²) in [6.07, 6.45) is 15.9. The second kappa shape index (κ2) is 18.7. The maximum Gasteiger partial charge on any atom is 0.267 e. The third-order valence-electron chi connectivity index (χ3n) is 13.1. The molecule has 4 bridgehead atoms. The Bertz CT molecular complexity index is 1420. The van der Waals surface area contributed by atoms with Gasteiger partial charge in [-0.05, 0) is 86.8 Å². The van der Waals surface area contributed by atoms with E-state index in [4.69, 9.17) is 30.4 Å². The maximum atomic E-state index is 11.6. The first-order valence-corrected chi connectivity index (χ1v) is 19.6. The number of carbonyl (C=O) groups excluding carboxylic acids is 2. The summed E-state index contributed by atoms with van der Waals surface area (Å²) < 4.78 is 24.2. The summed E-state index contributed by atoms with van der Waals surface area (Å²) in [5.74, 6) is 0.654. The number of pyridine rings is 2. The summed E-state index contributed by atoms with van der Waals surface area (Å²) in [5.41, 5.74) is 13.0. The van der Waals surface area contributed by atoms with Crippen molar-refractivity contribution >= 4 is 36.6 Å². The molecule has 12 nitrogen and oxygen atoms in total. The minimum atomic E-state index is -0.487. The lowest BCUT2D eigenvalue weighted by atomic mass is 9.62. The molecule has 14 heteroatoms. The first kappa shape index (κ1) is 42.7. The molecule has 2 aromatic heterocycles. The Morgan fingerprint density at radius 3 is 1.33 bits per heavy atom. The van der Waals surface area contributed by atoms with Crippen LogP contribution in [0.2, 0.25) is 0 Å². The van der Waals surface area contributed by atoms with Gasteiger partial charge >= 0.3 is 0 Å². The van der Waals surface area contributed by atoms with E-state index in [0.717, 1.165) is 89.3 Å². The molecule has 8 rings (SSSR count). The number of ether oxygens (including phenoxy) is 4. The predicted molar refractivity (Wildman–Crippen MR) is 210 cm³/mol. The molecule has 6 aliphatic rings. The zero-order valence-corrected chi connectivity index (χ0v) is 33.5. The fraction of sp³-hybridized carbons (Fsp3) is 0.700. The molecule has 4 unspecified atom stereocenters. The summed E-state index contributed by atoms with van der Waals surface area (Å²) in [4.78, 5) is 36.6. The first-order valence-electron chi connectivity index (χ1n) is 19.6. The minimum Gasteiger partial charge on any atom is -0.377 e. The number of nitrogens with zero attached hydrogens (tertiary/aromatic N) is 4. The molecule has 54 heavy (non-hydrogen) atoms. The molecule has 2 amide bonds. The molecule has 4 N–H and O–H groups in total. The molecule has 4 saturated heterocycles. The van der Waals surface area contributed by atoms with E-state index in [-0.39, 0.29) is 36.0 Å². The smallest absolute Gasteiger partial charge is 0.267 e. The SMILES string of the molecule is COC1(c2ccnc(C(N)=O)c2)C2CCCC1CN(C[C@@H]1CCCO1)C2.COC1(c2ccnc(C(N)=O)c2)C2CCCC1CN(C[C@H]1CCCO1)C2.Cl.Cl. The van der Waals surface area contributed by atoms with Crippen molar-refractivity contribution in [2.45, 2.75) is 87.6 Å². The van der Waals surface area contributed by atoms with Crippen molar-refractivity contribution in [1.82, 2.24) is 19.8 Å². The van der Waals surface area contributed by atoms with Gasteiger partial charge in [-0.1, -0.05) is 12.8 Å². The molecule has 2 aromatic rings. The van der Waals surface area contributed by atoms with Crippen LogP contribution in [-0.4, -0.2) is 110 Å². The van der Waals surface area contributed by atoms with Crippen molar-refractivity contribution in [2.75, 3.05) is 66.7 Å². The predicted octanol–water partition coefficient (Wildman–Crippen LogP) is 4.71. The fourth-order valence-electron chi connectivity index (χ4n) is 11.0. The van der Waals surface area contributed by atoms with E-state index in [9.17, 15) is 9.59 Å². The van der Waals surface area contributed by atoms with Crippen molar-refractivity contribution < 1.29 is 28.5 Å². The van der Waals surface area contributed by atoms with Crippen molar-refractivity contribution in [3.8, 4) is 0 Å². The number of hydrogen-bond acceptors (Lipinski definition) is 10. The van der Waals surface area contributed by atoms with Crippen LogP contribution in [0.15, 0.2) is 36.7 Å². The normalized spacial score (nSPS) is 33.4. The Hall–Kier alpha value is -2.42. The van der Waals surface area contributed by atoms with E-state index in [2.05, 4.69) is 19.8 Å². The summed E-state index contributed by atoms with van der Waals surface area (Å²) in [7, 11) is 3.62. The number of primary amides is 2. The van der Waals surface area contributed by atoms with Gasteiger partial charge in [-0.3, -0.25) is 29.4 Å². The van der Waals surface area contributed by atoms with Crippen LogP contribution >= 0.6 is 24.8 Å². The van der Waals surface area contributed by atoms with Gasteiger partial charge in [-0.2, -0.15) is 0 Å². The molecule has 6 fully saturated rings. The number of amides is 2. The van der Waals surface area contributed by atoms with Crippen LogP contribution in [0.1, 0.15) is 96.3 Å². The van der Waals surface area contributed by atoms with E-state index in [0.29, 0.717) is 47.3 Å². The molecule has 2 aliphatic carbocycles. The zero-order valence-electron chi connectivity index (χ0n) is 31.9. The molecular weight excluding hydrogens is 731 g/mol. The van der Waals surface area contributed by atoms with Gasteiger partial charge in [0.05, 0.1) is 12.2 Å². The number of piperidine rings is 2. The average Bonchev–Trinajstić information content (AvgIpc) is 3.86. The van der Waals surface area contributed by atoms with Crippen LogP contribution in [0.3, 0.4) is 0 Å². The Morgan fingerprint density at radius 1 is 0.667 bits per heavy atom. The highest BCUT2D eigenvalue weighted by atomic mass is 35.5. The Morgan fingerprint density at radius 2 is 1.04 bits per heavy atom. The third-order valence-corrected chi connectivity index (χ3v) is 13.1. The van der Waals surface area contributed by atoms with Crippen molar-refractivity contribution in [2.24, 2.45) is 35.1 Å². The maximum absolute atomic E-state index is 11.6. The number of hydrogen-bond donors (Lipinski definition) is 2. The number of nitrogens with two attached hydrogens (primary N) is 2. The number of rotatable bonds is 10. The standard InChI is InChI=1S/2C20H29N3O3.2ClH/c2*1-25-20(14-7-8-22-18(10-14)19(21)24)15-4-2-5-16(20)12-23(11-15)13-17-6-3-9-26-17;;/h2*7-8,10,15-17H,2-6,9,11-13H2,1H3,(H2,21,24);2*1H/t2*15?,16?,17-,20?;;/m10../s1. The van der Waals surface area contributed by atoms with Crippen molar-refractivity contribution in [3.05, 3.63) is 59.2 Å². The van der Waals surface area contributed by atoms with Gasteiger partial charge in [0, 0.05) is 103 Å². The summed E-state index contributed by atoms with van der Waals surface area (Å²) in [6.45, 7) is 7.90. The molecule has 300 valence electrons. The number of fused-ring (bicyclic) bond motifs is 4. The highest BCUT2D eigenvalue weighted by molar-refractivity contribution is 5.91. The molecule has 0 radical (unpaired) electrons. The highest BCUT2D eigenvalue weighted by Crippen LogP contribution is 2.53. The van der Waals surface area contributed by atoms with Gasteiger partial charge in [-0.25, -0.2) is 0 Å². The van der Waals surface area contributed by atoms with Gasteiger partial charge in [0.2, 0.25) is 0 Å². The Balaban J connectivity index is 0.000000200. The highest BCUT2D eigenvalue weighted by Gasteiger charge is 2.55. The molecular formula is C40H60Cl2N6O6. The number of likely N-dealkylation sites (tertiary alicyclic amines) is 2. The van der Waals surface area contributed by atoms with Crippen LogP contribution < -0.4 is 11.5 Å². The van der Waals surface area contributed by atoms with Crippen LogP contribution in [-0.2, 0) is 30.1 Å². The van der Waals surface area contributed by atoms with E-state index in [1.807, 2.05) is 38.5 Å². The lowest BCUT2D eigenvalue weighted by Crippen LogP contribution is -2.59. The molecule has 6 heterocycles. The van der Waals surface area contributed by atoms with Crippen LogP contribution in [0.5, 0.6) is 0 Å². The number of halogens is 2. The monoisotopic (exact) mass is 790 g/mol. The van der Waals surface area contributed by atoms with E-state index < -0.39 is 11.8 Å².